The molecule has 0 aliphatic carbocycles. The summed E-state index contributed by atoms with van der Waals surface area (Å²) >= 11 is 0. The maximum atomic E-state index is 12.5. The van der Waals surface area contributed by atoms with Crippen LogP contribution in [-0.4, -0.2) is 27.8 Å². The van der Waals surface area contributed by atoms with Crippen LogP contribution in [0.2, 0.25) is 0 Å². The number of para-hydroxylation sites is 1. The highest BCUT2D eigenvalue weighted by Gasteiger charge is 2.32. The van der Waals surface area contributed by atoms with Crippen molar-refractivity contribution in [2.24, 2.45) is 0 Å². The molecule has 0 radical (unpaired) electrons. The fourth-order valence-corrected chi connectivity index (χ4v) is 3.30. The van der Waals surface area contributed by atoms with Crippen molar-refractivity contribution in [1.82, 2.24) is 4.72 Å². The largest absolute Gasteiger partial charge is 0.573 e. The number of rotatable bonds is 7. The molecule has 0 atom stereocenters. The van der Waals surface area contributed by atoms with Gasteiger partial charge in [0.15, 0.2) is 0 Å². The summed E-state index contributed by atoms with van der Waals surface area (Å²) in [5, 5.41) is 2.44. The molecule has 0 fully saturated rings. The van der Waals surface area contributed by atoms with Crippen molar-refractivity contribution < 1.29 is 35.9 Å². The summed E-state index contributed by atoms with van der Waals surface area (Å²) in [6, 6.07) is 8.95. The highest BCUT2D eigenvalue weighted by atomic mass is 32.2. The zero-order chi connectivity index (χ0) is 20.9. The molecule has 2 aromatic carbocycles. The Bertz CT molecular complexity index is 962. The van der Waals surface area contributed by atoms with Crippen molar-refractivity contribution >= 4 is 21.6 Å². The van der Waals surface area contributed by atoms with Crippen molar-refractivity contribution in [1.29, 1.82) is 0 Å². The maximum Gasteiger partial charge on any atom is 0.573 e. The predicted molar refractivity (Wildman–Crippen MR) is 94.4 cm³/mol. The van der Waals surface area contributed by atoms with E-state index < -0.39 is 34.6 Å². The monoisotopic (exact) mass is 418 g/mol. The van der Waals surface area contributed by atoms with E-state index in [0.717, 1.165) is 6.07 Å². The fourth-order valence-electron chi connectivity index (χ4n) is 2.27. The van der Waals surface area contributed by atoms with Crippen molar-refractivity contribution in [3.8, 4) is 11.5 Å². The molecule has 0 aliphatic heterocycles. The highest BCUT2D eigenvalue weighted by molar-refractivity contribution is 7.89. The second-order valence-electron chi connectivity index (χ2n) is 5.52. The standard InChI is InChI=1S/C17H17F3N2O5S/c1-11(23)22-14-9-13(7-8-16(14)26-2)28(24,25)21-10-12-5-3-4-6-15(12)27-17(18,19)20/h3-9,21H,10H2,1-2H3,(H,22,23). The van der Waals surface area contributed by atoms with E-state index in [9.17, 15) is 26.4 Å². The average Bonchev–Trinajstić information content (AvgIpc) is 2.59. The number of carbonyl (C=O) groups is 1. The van der Waals surface area contributed by atoms with Crippen LogP contribution in [0.15, 0.2) is 47.4 Å². The zero-order valence-electron chi connectivity index (χ0n) is 14.8. The van der Waals surface area contributed by atoms with E-state index >= 15 is 0 Å². The lowest BCUT2D eigenvalue weighted by atomic mass is 10.2. The molecule has 0 heterocycles. The number of alkyl halides is 3. The molecule has 0 saturated heterocycles. The number of benzene rings is 2. The summed E-state index contributed by atoms with van der Waals surface area (Å²) in [6.07, 6.45) is -4.90. The van der Waals surface area contributed by atoms with E-state index in [2.05, 4.69) is 14.8 Å². The summed E-state index contributed by atoms with van der Waals surface area (Å²) in [5.74, 6) is -0.691. The molecule has 1 amide bonds. The van der Waals surface area contributed by atoms with E-state index in [-0.39, 0.29) is 21.9 Å². The number of hydrogen-bond acceptors (Lipinski definition) is 5. The number of methoxy groups -OCH3 is 1. The maximum absolute atomic E-state index is 12.5. The average molecular weight is 418 g/mol. The number of sulfonamides is 1. The lowest BCUT2D eigenvalue weighted by molar-refractivity contribution is -0.274. The Morgan fingerprint density at radius 3 is 2.39 bits per heavy atom. The summed E-state index contributed by atoms with van der Waals surface area (Å²) in [4.78, 5) is 11.1. The Balaban J connectivity index is 2.25. The van der Waals surface area contributed by atoms with E-state index in [1.165, 1.54) is 50.4 Å². The second-order valence-corrected chi connectivity index (χ2v) is 7.29. The molecular formula is C17H17F3N2O5S. The van der Waals surface area contributed by atoms with Gasteiger partial charge in [0.05, 0.1) is 17.7 Å². The molecule has 2 rings (SSSR count). The number of carbonyl (C=O) groups excluding carboxylic acids is 1. The van der Waals surface area contributed by atoms with Crippen LogP contribution in [0, 0.1) is 0 Å². The molecule has 2 aromatic rings. The first-order chi connectivity index (χ1) is 13.0. The van der Waals surface area contributed by atoms with Crippen LogP contribution in [0.25, 0.3) is 0 Å². The van der Waals surface area contributed by atoms with Gasteiger partial charge < -0.3 is 14.8 Å². The minimum Gasteiger partial charge on any atom is -0.495 e. The van der Waals surface area contributed by atoms with E-state index in [1.807, 2.05) is 0 Å². The van der Waals surface area contributed by atoms with Crippen molar-refractivity contribution in [2.75, 3.05) is 12.4 Å². The van der Waals surface area contributed by atoms with Crippen LogP contribution in [-0.2, 0) is 21.4 Å². The van der Waals surface area contributed by atoms with Gasteiger partial charge in [0.2, 0.25) is 15.9 Å². The minimum absolute atomic E-state index is 0.000930. The number of ether oxygens (including phenoxy) is 2. The molecule has 0 aromatic heterocycles. The van der Waals surface area contributed by atoms with Crippen LogP contribution in [0.4, 0.5) is 18.9 Å². The van der Waals surface area contributed by atoms with E-state index in [1.54, 1.807) is 0 Å². The highest BCUT2D eigenvalue weighted by Crippen LogP contribution is 2.29. The normalized spacial score (nSPS) is 11.8. The lowest BCUT2D eigenvalue weighted by Crippen LogP contribution is -2.25. The molecule has 28 heavy (non-hydrogen) atoms. The van der Waals surface area contributed by atoms with Gasteiger partial charge in [-0.25, -0.2) is 13.1 Å². The van der Waals surface area contributed by atoms with Crippen LogP contribution in [0.5, 0.6) is 11.5 Å². The van der Waals surface area contributed by atoms with E-state index in [4.69, 9.17) is 4.74 Å². The van der Waals surface area contributed by atoms with Crippen molar-refractivity contribution in [2.45, 2.75) is 24.7 Å². The van der Waals surface area contributed by atoms with Gasteiger partial charge >= 0.3 is 6.36 Å². The third-order valence-electron chi connectivity index (χ3n) is 3.44. The predicted octanol–water partition coefficient (Wildman–Crippen LogP) is 3.03. The summed E-state index contributed by atoms with van der Waals surface area (Å²) < 4.78 is 73.6. The molecule has 0 saturated carbocycles. The topological polar surface area (TPSA) is 93.7 Å². The molecule has 152 valence electrons. The molecule has 0 spiro atoms. The molecule has 0 aliphatic rings. The Hall–Kier alpha value is -2.79. The molecule has 0 unspecified atom stereocenters. The fraction of sp³-hybridized carbons (Fsp3) is 0.235. The van der Waals surface area contributed by atoms with Crippen LogP contribution in [0.3, 0.4) is 0 Å². The number of anilines is 1. The minimum atomic E-state index is -4.90. The Morgan fingerprint density at radius 1 is 1.11 bits per heavy atom. The first-order valence-electron chi connectivity index (χ1n) is 7.81. The number of amides is 1. The van der Waals surface area contributed by atoms with Gasteiger partial charge in [0, 0.05) is 19.0 Å². The van der Waals surface area contributed by atoms with Crippen molar-refractivity contribution in [3.63, 3.8) is 0 Å². The third-order valence-corrected chi connectivity index (χ3v) is 4.84. The van der Waals surface area contributed by atoms with Gasteiger partial charge in [0.25, 0.3) is 0 Å². The Kier molecular flexibility index (Phi) is 6.52. The van der Waals surface area contributed by atoms with Gasteiger partial charge in [-0.3, -0.25) is 4.79 Å². The van der Waals surface area contributed by atoms with Gasteiger partial charge in [-0.15, -0.1) is 13.2 Å². The molecule has 11 heteroatoms. The molecular weight excluding hydrogens is 401 g/mol. The Morgan fingerprint density at radius 2 is 1.79 bits per heavy atom. The number of hydrogen-bond donors (Lipinski definition) is 2. The van der Waals surface area contributed by atoms with Crippen LogP contribution < -0.4 is 19.5 Å². The third kappa shape index (κ3) is 5.86. The van der Waals surface area contributed by atoms with Crippen LogP contribution in [0.1, 0.15) is 12.5 Å². The molecule has 7 nitrogen and oxygen atoms in total. The van der Waals surface area contributed by atoms with Gasteiger partial charge in [-0.05, 0) is 24.3 Å². The SMILES string of the molecule is COc1ccc(S(=O)(=O)NCc2ccccc2OC(F)(F)F)cc1NC(C)=O. The second kappa shape index (κ2) is 8.48. The zero-order valence-corrected chi connectivity index (χ0v) is 15.6. The smallest absolute Gasteiger partial charge is 0.495 e. The molecule has 0 bridgehead atoms. The summed E-state index contributed by atoms with van der Waals surface area (Å²) in [7, 11) is -2.74. The van der Waals surface area contributed by atoms with Crippen molar-refractivity contribution in [3.05, 3.63) is 48.0 Å². The number of halogens is 3. The number of nitrogens with one attached hydrogen (secondary N) is 2. The van der Waals surface area contributed by atoms with Gasteiger partial charge in [-0.2, -0.15) is 0 Å². The van der Waals surface area contributed by atoms with Crippen LogP contribution >= 0.6 is 0 Å². The van der Waals surface area contributed by atoms with Gasteiger partial charge in [-0.1, -0.05) is 18.2 Å². The first-order valence-corrected chi connectivity index (χ1v) is 9.29. The first kappa shape index (κ1) is 21.5. The molecule has 2 N–H and O–H groups in total. The lowest BCUT2D eigenvalue weighted by Gasteiger charge is -2.14. The Labute approximate surface area is 159 Å². The van der Waals surface area contributed by atoms with E-state index in [0.29, 0.717) is 0 Å². The quantitative estimate of drug-likeness (QED) is 0.721. The summed E-state index contributed by atoms with van der Waals surface area (Å²) in [6.45, 7) is 0.812. The van der Waals surface area contributed by atoms with Gasteiger partial charge in [0.1, 0.15) is 11.5 Å². The summed E-state index contributed by atoms with van der Waals surface area (Å²) in [5.41, 5.74) is 0.137.